The van der Waals surface area contributed by atoms with Gasteiger partial charge in [0.2, 0.25) is 11.8 Å². The number of nitrogens with zero attached hydrogens (tertiary/aromatic N) is 2. The number of amides is 2. The molecule has 11 nitrogen and oxygen atoms in total. The minimum Gasteiger partial charge on any atom is -0.481 e. The number of Topliss-reactive ketones (excluding diaryl/α,β-unsaturated/α-hetero) is 2. The summed E-state index contributed by atoms with van der Waals surface area (Å²) in [4.78, 5) is 70.8. The van der Waals surface area contributed by atoms with Crippen LogP contribution in [-0.4, -0.2) is 109 Å². The number of ether oxygens (including phenoxy) is 2. The quantitative estimate of drug-likeness (QED) is 0.154. The summed E-state index contributed by atoms with van der Waals surface area (Å²) in [6.45, 7) is 14.2. The molecule has 0 aromatic heterocycles. The van der Waals surface area contributed by atoms with Gasteiger partial charge < -0.3 is 29.7 Å². The molecule has 52 heavy (non-hydrogen) atoms. The number of carboxylic acids is 1. The molecule has 0 radical (unpaired) electrons. The molecule has 1 heterocycles. The van der Waals surface area contributed by atoms with Gasteiger partial charge in [-0.1, -0.05) is 85.2 Å². The monoisotopic (exact) mass is 729 g/mol. The lowest BCUT2D eigenvalue weighted by atomic mass is 9.84. The largest absolute Gasteiger partial charge is 0.481 e. The zero-order valence-corrected chi connectivity index (χ0v) is 33.6. The molecule has 2 unspecified atom stereocenters. The number of hydrogen-bond acceptors (Lipinski definition) is 8. The van der Waals surface area contributed by atoms with Gasteiger partial charge in [0.1, 0.15) is 5.78 Å². The molecule has 11 heteroatoms. The van der Waals surface area contributed by atoms with Crippen molar-refractivity contribution in [3.8, 4) is 0 Å². The van der Waals surface area contributed by atoms with Gasteiger partial charge in [-0.3, -0.25) is 24.0 Å². The Balaban J connectivity index is 2.26. The fourth-order valence-corrected chi connectivity index (χ4v) is 7.99. The summed E-state index contributed by atoms with van der Waals surface area (Å²) < 4.78 is 11.9. The first-order valence-electron chi connectivity index (χ1n) is 19.1. The highest BCUT2D eigenvalue weighted by Gasteiger charge is 2.43. The zero-order chi connectivity index (χ0) is 39.3. The highest BCUT2D eigenvalue weighted by atomic mass is 16.5. The third-order valence-corrected chi connectivity index (χ3v) is 11.3. The van der Waals surface area contributed by atoms with Crippen molar-refractivity contribution in [3.05, 3.63) is 35.9 Å². The van der Waals surface area contributed by atoms with E-state index in [0.29, 0.717) is 13.0 Å². The van der Waals surface area contributed by atoms with Crippen molar-refractivity contribution < 1.29 is 38.6 Å². The van der Waals surface area contributed by atoms with E-state index in [1.807, 2.05) is 71.9 Å². The maximum Gasteiger partial charge on any atom is 0.307 e. The van der Waals surface area contributed by atoms with E-state index < -0.39 is 42.0 Å². The van der Waals surface area contributed by atoms with Crippen molar-refractivity contribution in [3.63, 3.8) is 0 Å². The number of rotatable bonds is 23. The van der Waals surface area contributed by atoms with Gasteiger partial charge in [0, 0.05) is 52.5 Å². The number of benzene rings is 1. The van der Waals surface area contributed by atoms with E-state index in [2.05, 4.69) is 5.32 Å². The van der Waals surface area contributed by atoms with Crippen LogP contribution in [0.4, 0.5) is 0 Å². The van der Waals surface area contributed by atoms with Crippen LogP contribution < -0.4 is 5.32 Å². The Kier molecular flexibility index (Phi) is 18.6. The van der Waals surface area contributed by atoms with Gasteiger partial charge in [0.25, 0.3) is 0 Å². The van der Waals surface area contributed by atoms with Crippen LogP contribution in [0.3, 0.4) is 0 Å². The molecule has 1 aromatic rings. The van der Waals surface area contributed by atoms with E-state index in [1.54, 1.807) is 37.9 Å². The summed E-state index contributed by atoms with van der Waals surface area (Å²) in [6.07, 6.45) is 1.16. The van der Waals surface area contributed by atoms with E-state index >= 15 is 0 Å². The predicted molar refractivity (Wildman–Crippen MR) is 203 cm³/mol. The molecular weight excluding hydrogens is 662 g/mol. The molecule has 294 valence electrons. The van der Waals surface area contributed by atoms with Crippen molar-refractivity contribution >= 4 is 29.4 Å². The highest BCUT2D eigenvalue weighted by molar-refractivity contribution is 5.90. The Morgan fingerprint density at radius 2 is 1.56 bits per heavy atom. The molecule has 1 aromatic carbocycles. The molecule has 9 atom stereocenters. The van der Waals surface area contributed by atoms with Crippen LogP contribution in [0.1, 0.15) is 92.6 Å². The SMILES string of the molecule is CC[C@H](C)C([C@@H](CC(=O)N1CCC[C@H]1C(OC)[C@@H](C)C(=O)C[C@@H](Cc1ccccc1)C(=O)O)OC)N(C)C(=O)[C@@H](CC(=O)[C@@H](NC)C(C)C)C(C)C. The lowest BCUT2D eigenvalue weighted by molar-refractivity contribution is -0.149. The number of ketones is 2. The normalized spacial score (nSPS) is 19.4. The molecule has 0 bridgehead atoms. The van der Waals surface area contributed by atoms with Crippen LogP contribution in [0, 0.1) is 35.5 Å². The fourth-order valence-electron chi connectivity index (χ4n) is 7.99. The lowest BCUT2D eigenvalue weighted by Crippen LogP contribution is -2.54. The van der Waals surface area contributed by atoms with Crippen molar-refractivity contribution in [2.24, 2.45) is 35.5 Å². The third-order valence-electron chi connectivity index (χ3n) is 11.3. The van der Waals surface area contributed by atoms with Gasteiger partial charge in [-0.2, -0.15) is 0 Å². The number of nitrogens with one attached hydrogen (secondary N) is 1. The van der Waals surface area contributed by atoms with Crippen LogP contribution in [0.15, 0.2) is 30.3 Å². The standard InChI is InChI=1S/C41H67N3O8/c1-12-27(6)38(43(9)40(48)31(25(2)3)23-34(46)37(42-8)26(4)5)35(51-10)24-36(47)44-20-16-19-32(44)39(52-11)28(7)33(45)22-30(41(49)50)21-29-17-14-13-15-18-29/h13-15,17-18,25-28,30-32,35,37-39,42H,12,16,19-24H2,1-11H3,(H,49,50)/t27-,28-,30+,31-,32-,35+,37-,38?,39?/m0/s1. The van der Waals surface area contributed by atoms with Gasteiger partial charge in [-0.15, -0.1) is 0 Å². The minimum atomic E-state index is -1.02. The van der Waals surface area contributed by atoms with Crippen molar-refractivity contribution in [2.75, 3.05) is 34.9 Å². The maximum atomic E-state index is 14.2. The van der Waals surface area contributed by atoms with Gasteiger partial charge in [-0.25, -0.2) is 0 Å². The van der Waals surface area contributed by atoms with E-state index in [9.17, 15) is 29.1 Å². The van der Waals surface area contributed by atoms with Crippen LogP contribution in [0.5, 0.6) is 0 Å². The highest BCUT2D eigenvalue weighted by Crippen LogP contribution is 2.31. The summed E-state index contributed by atoms with van der Waals surface area (Å²) in [5.74, 6) is -3.54. The van der Waals surface area contributed by atoms with Crippen molar-refractivity contribution in [1.29, 1.82) is 0 Å². The first kappa shape index (κ1) is 45.0. The van der Waals surface area contributed by atoms with Gasteiger partial charge in [0.15, 0.2) is 5.78 Å². The van der Waals surface area contributed by atoms with Crippen LogP contribution in [0.2, 0.25) is 0 Å². The number of hydrogen-bond donors (Lipinski definition) is 2. The topological polar surface area (TPSA) is 143 Å². The Hall–Kier alpha value is -3.15. The smallest absolute Gasteiger partial charge is 0.307 e. The summed E-state index contributed by atoms with van der Waals surface area (Å²) >= 11 is 0. The summed E-state index contributed by atoms with van der Waals surface area (Å²) in [6, 6.07) is 8.13. The fraction of sp³-hybridized carbons (Fsp3) is 0.732. The second-order valence-corrected chi connectivity index (χ2v) is 15.5. The van der Waals surface area contributed by atoms with Crippen LogP contribution in [-0.2, 0) is 39.9 Å². The molecule has 1 fully saturated rings. The Morgan fingerprint density at radius 3 is 2.06 bits per heavy atom. The zero-order valence-electron chi connectivity index (χ0n) is 33.6. The van der Waals surface area contributed by atoms with Gasteiger partial charge in [0.05, 0.1) is 42.7 Å². The molecule has 0 saturated carbocycles. The van der Waals surface area contributed by atoms with E-state index in [4.69, 9.17) is 9.47 Å². The lowest BCUT2D eigenvalue weighted by Gasteiger charge is -2.41. The maximum absolute atomic E-state index is 14.2. The summed E-state index contributed by atoms with van der Waals surface area (Å²) in [7, 11) is 6.61. The van der Waals surface area contributed by atoms with Crippen molar-refractivity contribution in [1.82, 2.24) is 15.1 Å². The summed E-state index contributed by atoms with van der Waals surface area (Å²) in [5, 5.41) is 13.0. The number of methoxy groups -OCH3 is 2. The third kappa shape index (κ3) is 11.9. The molecular formula is C41H67N3O8. The Labute approximate surface area is 312 Å². The van der Waals surface area contributed by atoms with Crippen LogP contribution in [0.25, 0.3) is 0 Å². The molecule has 2 amide bonds. The minimum absolute atomic E-state index is 0.00617. The molecule has 2 N–H and O–H groups in total. The number of likely N-dealkylation sites (tertiary alicyclic amines) is 1. The average molecular weight is 730 g/mol. The van der Waals surface area contributed by atoms with E-state index in [-0.39, 0.29) is 78.9 Å². The second kappa shape index (κ2) is 21.5. The second-order valence-electron chi connectivity index (χ2n) is 15.5. The number of likely N-dealkylation sites (N-methyl/N-ethyl adjacent to an activating group) is 2. The first-order valence-corrected chi connectivity index (χ1v) is 19.1. The van der Waals surface area contributed by atoms with Gasteiger partial charge >= 0.3 is 5.97 Å². The number of carbonyl (C=O) groups is 5. The average Bonchev–Trinajstić information content (AvgIpc) is 3.59. The number of carbonyl (C=O) groups excluding carboxylic acids is 4. The van der Waals surface area contributed by atoms with E-state index in [1.165, 1.54) is 7.11 Å². The Morgan fingerprint density at radius 1 is 0.923 bits per heavy atom. The van der Waals surface area contributed by atoms with Gasteiger partial charge in [-0.05, 0) is 49.6 Å². The van der Waals surface area contributed by atoms with Crippen LogP contribution >= 0.6 is 0 Å². The molecule has 0 spiro atoms. The van der Waals surface area contributed by atoms with E-state index in [0.717, 1.165) is 18.4 Å². The molecule has 1 saturated heterocycles. The molecule has 0 aliphatic carbocycles. The number of carboxylic acid groups (broad SMARTS) is 1. The first-order chi connectivity index (χ1) is 24.5. The predicted octanol–water partition coefficient (Wildman–Crippen LogP) is 5.28. The molecule has 2 rings (SSSR count). The van der Waals surface area contributed by atoms with Crippen molar-refractivity contribution in [2.45, 2.75) is 124 Å². The molecule has 1 aliphatic heterocycles. The molecule has 1 aliphatic rings. The number of aliphatic carboxylic acids is 1. The summed E-state index contributed by atoms with van der Waals surface area (Å²) in [5.41, 5.74) is 0.851. The Bertz CT molecular complexity index is 1300.